The highest BCUT2D eigenvalue weighted by atomic mass is 16.4. The molecule has 7 heteroatoms. The summed E-state index contributed by atoms with van der Waals surface area (Å²) >= 11 is 0. The molecule has 7 nitrogen and oxygen atoms in total. The number of hydrogen-bond acceptors (Lipinski definition) is 5. The summed E-state index contributed by atoms with van der Waals surface area (Å²) in [6, 6.07) is 0. The molecule has 1 atom stereocenters. The van der Waals surface area contributed by atoms with Gasteiger partial charge in [-0.05, 0) is 13.8 Å². The largest absolute Gasteiger partial charge is 0.481 e. The number of rotatable bonds is 5. The molecule has 0 fully saturated rings. The molecule has 0 spiro atoms. The van der Waals surface area contributed by atoms with Crippen molar-refractivity contribution in [3.05, 3.63) is 17.3 Å². The smallest absolute Gasteiger partial charge is 0.306 e. The molecule has 0 aliphatic rings. The Morgan fingerprint density at radius 3 is 2.50 bits per heavy atom. The Hall–Kier alpha value is -1.89. The summed E-state index contributed by atoms with van der Waals surface area (Å²) in [4.78, 5) is 26.1. The van der Waals surface area contributed by atoms with Crippen LogP contribution in [0.1, 0.15) is 35.5 Å². The number of aromatic nitrogens is 1. The zero-order valence-electron chi connectivity index (χ0n) is 10.5. The normalized spacial score (nSPS) is 14.0. The van der Waals surface area contributed by atoms with Crippen LogP contribution in [0.4, 0.5) is 0 Å². The number of carboxylic acid groups (broad SMARTS) is 1. The van der Waals surface area contributed by atoms with Crippen LogP contribution < -0.4 is 5.32 Å². The number of carbonyl (C=O) groups excluding carboxylic acids is 1. The lowest BCUT2D eigenvalue weighted by Gasteiger charge is -2.20. The van der Waals surface area contributed by atoms with Gasteiger partial charge in [-0.15, -0.1) is 0 Å². The van der Waals surface area contributed by atoms with E-state index in [0.717, 1.165) is 0 Å². The van der Waals surface area contributed by atoms with Crippen molar-refractivity contribution >= 4 is 11.9 Å². The molecule has 0 saturated carbocycles. The highest BCUT2D eigenvalue weighted by molar-refractivity contribution is 5.92. The second-order valence-electron chi connectivity index (χ2n) is 4.40. The third-order valence-electron chi connectivity index (χ3n) is 2.27. The maximum absolute atomic E-state index is 11.7. The first-order valence-corrected chi connectivity index (χ1v) is 5.38. The van der Waals surface area contributed by atoms with E-state index in [-0.39, 0.29) is 12.3 Å². The molecule has 1 amide bonds. The molecule has 0 aliphatic heterocycles. The summed E-state index contributed by atoms with van der Waals surface area (Å²) in [6.07, 6.45) is -0.457. The quantitative estimate of drug-likeness (QED) is 0.696. The van der Waals surface area contributed by atoms with Gasteiger partial charge in [0.15, 0.2) is 5.89 Å². The average Bonchev–Trinajstić information content (AvgIpc) is 2.52. The number of nitrogens with zero attached hydrogens (tertiary/aromatic N) is 1. The number of aliphatic hydroxyl groups is 1. The first-order chi connectivity index (χ1) is 8.21. The number of aliphatic carboxylic acids is 1. The van der Waals surface area contributed by atoms with Gasteiger partial charge in [-0.2, -0.15) is 0 Å². The van der Waals surface area contributed by atoms with Crippen LogP contribution >= 0.6 is 0 Å². The van der Waals surface area contributed by atoms with Gasteiger partial charge in [0.05, 0.1) is 17.7 Å². The van der Waals surface area contributed by atoms with Crippen LogP contribution in [0, 0.1) is 13.8 Å². The molecule has 1 unspecified atom stereocenters. The van der Waals surface area contributed by atoms with Crippen LogP contribution in [0.3, 0.4) is 0 Å². The Balaban J connectivity index is 2.61. The van der Waals surface area contributed by atoms with E-state index in [1.54, 1.807) is 13.8 Å². The Labute approximate surface area is 104 Å². The molecule has 0 aliphatic carbocycles. The summed E-state index contributed by atoms with van der Waals surface area (Å²) in [5.74, 6) is -1.23. The predicted molar refractivity (Wildman–Crippen MR) is 61.2 cm³/mol. The van der Waals surface area contributed by atoms with Crippen LogP contribution in [-0.4, -0.2) is 39.2 Å². The molecule has 0 saturated heterocycles. The van der Waals surface area contributed by atoms with Gasteiger partial charge in [-0.25, -0.2) is 4.98 Å². The van der Waals surface area contributed by atoms with Crippen molar-refractivity contribution < 1.29 is 24.2 Å². The molecular formula is C11H16N2O5. The van der Waals surface area contributed by atoms with E-state index in [4.69, 9.17) is 9.52 Å². The van der Waals surface area contributed by atoms with Crippen LogP contribution in [0.25, 0.3) is 0 Å². The van der Waals surface area contributed by atoms with Gasteiger partial charge in [-0.3, -0.25) is 9.59 Å². The zero-order chi connectivity index (χ0) is 13.9. The fraction of sp³-hybridized carbons (Fsp3) is 0.545. The molecular weight excluding hydrogens is 240 g/mol. The predicted octanol–water partition coefficient (Wildman–Crippen LogP) is 0.247. The third kappa shape index (κ3) is 3.85. The van der Waals surface area contributed by atoms with E-state index in [0.29, 0.717) is 11.6 Å². The van der Waals surface area contributed by atoms with E-state index in [1.807, 2.05) is 0 Å². The number of nitrogens with one attached hydrogen (secondary N) is 1. The van der Waals surface area contributed by atoms with E-state index in [1.165, 1.54) is 6.92 Å². The average molecular weight is 256 g/mol. The van der Waals surface area contributed by atoms with Gasteiger partial charge in [0, 0.05) is 13.5 Å². The molecule has 1 rings (SSSR count). The highest BCUT2D eigenvalue weighted by Gasteiger charge is 2.26. The van der Waals surface area contributed by atoms with E-state index in [9.17, 15) is 14.7 Å². The van der Waals surface area contributed by atoms with Gasteiger partial charge in [0.1, 0.15) is 0 Å². The topological polar surface area (TPSA) is 113 Å². The molecule has 0 bridgehead atoms. The Morgan fingerprint density at radius 1 is 1.44 bits per heavy atom. The minimum atomic E-state index is -1.51. The minimum Gasteiger partial charge on any atom is -0.481 e. The van der Waals surface area contributed by atoms with Gasteiger partial charge < -0.3 is 19.9 Å². The first kappa shape index (κ1) is 14.2. The lowest BCUT2D eigenvalue weighted by molar-refractivity contribution is -0.141. The number of amides is 1. The number of oxazole rings is 1. The van der Waals surface area contributed by atoms with E-state index in [2.05, 4.69) is 10.3 Å². The van der Waals surface area contributed by atoms with Crippen molar-refractivity contribution in [1.82, 2.24) is 10.3 Å². The van der Waals surface area contributed by atoms with Crippen LogP contribution in [0.2, 0.25) is 0 Å². The summed E-state index contributed by atoms with van der Waals surface area (Å²) < 4.78 is 5.10. The first-order valence-electron chi connectivity index (χ1n) is 5.38. The summed E-state index contributed by atoms with van der Waals surface area (Å²) in [5.41, 5.74) is -1.06. The Morgan fingerprint density at radius 2 is 2.06 bits per heavy atom. The lowest BCUT2D eigenvalue weighted by atomic mass is 10.0. The van der Waals surface area contributed by atoms with Gasteiger partial charge in [-0.1, -0.05) is 0 Å². The molecule has 1 aromatic heterocycles. The standard InChI is InChI=1S/C11H16N2O5/c1-6-9(18-7(2)13-6)10(16)12-5-11(3,17)4-8(14)15/h17H,4-5H2,1-3H3,(H,12,16)(H,14,15). The van der Waals surface area contributed by atoms with Crippen molar-refractivity contribution in [1.29, 1.82) is 0 Å². The summed E-state index contributed by atoms with van der Waals surface area (Å²) in [7, 11) is 0. The van der Waals surface area contributed by atoms with Crippen LogP contribution in [0.15, 0.2) is 4.42 Å². The Kier molecular flexibility index (Phi) is 4.07. The maximum Gasteiger partial charge on any atom is 0.306 e. The highest BCUT2D eigenvalue weighted by Crippen LogP contribution is 2.11. The third-order valence-corrected chi connectivity index (χ3v) is 2.27. The second kappa shape index (κ2) is 5.18. The fourth-order valence-electron chi connectivity index (χ4n) is 1.48. The van der Waals surface area contributed by atoms with Crippen LogP contribution in [0.5, 0.6) is 0 Å². The summed E-state index contributed by atoms with van der Waals surface area (Å²) in [5, 5.41) is 20.7. The maximum atomic E-state index is 11.7. The zero-order valence-corrected chi connectivity index (χ0v) is 10.5. The van der Waals surface area contributed by atoms with Gasteiger partial charge >= 0.3 is 5.97 Å². The van der Waals surface area contributed by atoms with E-state index >= 15 is 0 Å². The van der Waals surface area contributed by atoms with Gasteiger partial charge in [0.2, 0.25) is 5.76 Å². The van der Waals surface area contributed by atoms with Crippen molar-refractivity contribution in [3.8, 4) is 0 Å². The molecule has 18 heavy (non-hydrogen) atoms. The number of carboxylic acids is 1. The number of carbonyl (C=O) groups is 2. The van der Waals surface area contributed by atoms with Crippen molar-refractivity contribution in [2.75, 3.05) is 6.54 Å². The molecule has 0 aromatic carbocycles. The lowest BCUT2D eigenvalue weighted by Crippen LogP contribution is -2.42. The monoisotopic (exact) mass is 256 g/mol. The summed E-state index contributed by atoms with van der Waals surface area (Å²) in [6.45, 7) is 4.39. The molecule has 100 valence electrons. The van der Waals surface area contributed by atoms with Crippen LogP contribution in [-0.2, 0) is 4.79 Å². The SMILES string of the molecule is Cc1nc(C)c(C(=O)NCC(C)(O)CC(=O)O)o1. The minimum absolute atomic E-state index is 0.0682. The number of aryl methyl sites for hydroxylation is 2. The number of hydrogen-bond donors (Lipinski definition) is 3. The van der Waals surface area contributed by atoms with Crippen molar-refractivity contribution in [3.63, 3.8) is 0 Å². The molecule has 1 heterocycles. The molecule has 1 aromatic rings. The van der Waals surface area contributed by atoms with Crippen molar-refractivity contribution in [2.45, 2.75) is 32.8 Å². The van der Waals surface area contributed by atoms with Crippen molar-refractivity contribution in [2.24, 2.45) is 0 Å². The fourth-order valence-corrected chi connectivity index (χ4v) is 1.48. The molecule has 0 radical (unpaired) electrons. The van der Waals surface area contributed by atoms with Gasteiger partial charge in [0.25, 0.3) is 5.91 Å². The molecule has 3 N–H and O–H groups in total. The second-order valence-corrected chi connectivity index (χ2v) is 4.40. The van der Waals surface area contributed by atoms with E-state index < -0.39 is 23.9 Å². The Bertz CT molecular complexity index is 464.